The van der Waals surface area contributed by atoms with E-state index >= 15 is 0 Å². The van der Waals surface area contributed by atoms with Crippen LogP contribution in [-0.2, 0) is 0 Å². The van der Waals surface area contributed by atoms with Crippen molar-refractivity contribution in [2.75, 3.05) is 12.4 Å². The van der Waals surface area contributed by atoms with Gasteiger partial charge in [-0.1, -0.05) is 5.16 Å². The molecule has 9 heteroatoms. The van der Waals surface area contributed by atoms with E-state index in [1.165, 1.54) is 25.4 Å². The third kappa shape index (κ3) is 2.91. The van der Waals surface area contributed by atoms with Crippen molar-refractivity contribution in [1.82, 2.24) is 10.2 Å². The molecule has 0 aliphatic heterocycles. The Bertz CT molecular complexity index is 698. The minimum absolute atomic E-state index is 0.0884. The third-order valence-electron chi connectivity index (χ3n) is 2.68. The van der Waals surface area contributed by atoms with Gasteiger partial charge in [0.2, 0.25) is 0 Å². The molecule has 2 rings (SSSR count). The molecule has 0 spiro atoms. The zero-order chi connectivity index (χ0) is 15.4. The lowest BCUT2D eigenvalue weighted by molar-refractivity contribution is 0.102. The van der Waals surface area contributed by atoms with Crippen LogP contribution in [0.2, 0.25) is 0 Å². The highest BCUT2D eigenvalue weighted by atomic mass is 19.1. The topological polar surface area (TPSA) is 126 Å². The van der Waals surface area contributed by atoms with Gasteiger partial charge in [-0.2, -0.15) is 5.10 Å². The van der Waals surface area contributed by atoms with Crippen LogP contribution >= 0.6 is 0 Å². The molecule has 0 radical (unpaired) electrons. The summed E-state index contributed by atoms with van der Waals surface area (Å²) in [7, 11) is 1.39. The Morgan fingerprint density at radius 1 is 1.52 bits per heavy atom. The molecule has 8 nitrogen and oxygen atoms in total. The molecule has 1 aromatic carbocycles. The smallest absolute Gasteiger partial charge is 0.259 e. The lowest BCUT2D eigenvalue weighted by Gasteiger charge is -2.07. The van der Waals surface area contributed by atoms with E-state index in [2.05, 4.69) is 20.7 Å². The summed E-state index contributed by atoms with van der Waals surface area (Å²) in [6, 6.07) is 3.82. The highest BCUT2D eigenvalue weighted by Crippen LogP contribution is 2.18. The van der Waals surface area contributed by atoms with Crippen molar-refractivity contribution in [2.24, 2.45) is 10.9 Å². The summed E-state index contributed by atoms with van der Waals surface area (Å²) in [5.74, 6) is -1.31. The van der Waals surface area contributed by atoms with Gasteiger partial charge in [-0.3, -0.25) is 9.89 Å². The van der Waals surface area contributed by atoms with Gasteiger partial charge in [0.15, 0.2) is 5.84 Å². The Balaban J connectivity index is 2.25. The minimum Gasteiger partial charge on any atom is -0.497 e. The van der Waals surface area contributed by atoms with Crippen molar-refractivity contribution in [3.8, 4) is 5.75 Å². The van der Waals surface area contributed by atoms with Crippen LogP contribution in [0.25, 0.3) is 0 Å². The maximum Gasteiger partial charge on any atom is 0.259 e. The van der Waals surface area contributed by atoms with Crippen molar-refractivity contribution in [3.05, 3.63) is 41.3 Å². The molecular formula is C12H12FN5O3. The van der Waals surface area contributed by atoms with E-state index in [0.29, 0.717) is 5.75 Å². The van der Waals surface area contributed by atoms with E-state index in [9.17, 15) is 9.18 Å². The fraction of sp³-hybridized carbons (Fsp3) is 0.0833. The molecule has 0 fully saturated rings. The molecular weight excluding hydrogens is 281 g/mol. The average molecular weight is 293 g/mol. The number of carbonyl (C=O) groups excluding carboxylic acids is 1. The second-order valence-electron chi connectivity index (χ2n) is 3.94. The largest absolute Gasteiger partial charge is 0.497 e. The summed E-state index contributed by atoms with van der Waals surface area (Å²) in [5, 5.41) is 19.9. The van der Waals surface area contributed by atoms with Gasteiger partial charge < -0.3 is 21.0 Å². The number of amidine groups is 1. The molecule has 0 saturated heterocycles. The summed E-state index contributed by atoms with van der Waals surface area (Å²) in [6.07, 6.45) is 1.26. The molecule has 21 heavy (non-hydrogen) atoms. The molecule has 0 bridgehead atoms. The Morgan fingerprint density at radius 2 is 2.29 bits per heavy atom. The summed E-state index contributed by atoms with van der Waals surface area (Å²) < 4.78 is 18.6. The normalized spacial score (nSPS) is 11.2. The second-order valence-corrected chi connectivity index (χ2v) is 3.94. The second kappa shape index (κ2) is 5.90. The summed E-state index contributed by atoms with van der Waals surface area (Å²) in [5.41, 5.74) is 5.42. The predicted molar refractivity (Wildman–Crippen MR) is 72.0 cm³/mol. The fourth-order valence-corrected chi connectivity index (χ4v) is 1.62. The summed E-state index contributed by atoms with van der Waals surface area (Å²) >= 11 is 0. The van der Waals surface area contributed by atoms with Crippen molar-refractivity contribution in [1.29, 1.82) is 0 Å². The van der Waals surface area contributed by atoms with Gasteiger partial charge in [-0.15, -0.1) is 0 Å². The third-order valence-corrected chi connectivity index (χ3v) is 2.68. The van der Waals surface area contributed by atoms with Gasteiger partial charge in [0.25, 0.3) is 5.91 Å². The molecule has 0 aliphatic carbocycles. The van der Waals surface area contributed by atoms with Crippen LogP contribution in [0.15, 0.2) is 29.6 Å². The number of benzene rings is 1. The highest BCUT2D eigenvalue weighted by molar-refractivity contribution is 6.09. The molecule has 0 unspecified atom stereocenters. The zero-order valence-electron chi connectivity index (χ0n) is 10.9. The van der Waals surface area contributed by atoms with Crippen molar-refractivity contribution >= 4 is 17.6 Å². The number of carbonyl (C=O) groups is 1. The van der Waals surface area contributed by atoms with Gasteiger partial charge in [-0.25, -0.2) is 4.39 Å². The number of nitrogens with one attached hydrogen (secondary N) is 2. The van der Waals surface area contributed by atoms with Crippen molar-refractivity contribution < 1.29 is 19.1 Å². The molecule has 110 valence electrons. The van der Waals surface area contributed by atoms with Crippen molar-refractivity contribution in [3.63, 3.8) is 0 Å². The van der Waals surface area contributed by atoms with Crippen LogP contribution in [0, 0.1) is 5.82 Å². The number of nitrogens with zero attached hydrogens (tertiary/aromatic N) is 2. The van der Waals surface area contributed by atoms with Gasteiger partial charge in [0, 0.05) is 6.07 Å². The molecule has 0 atom stereocenters. The maximum absolute atomic E-state index is 13.8. The van der Waals surface area contributed by atoms with Crippen LogP contribution in [0.4, 0.5) is 10.2 Å². The number of hydrogen-bond acceptors (Lipinski definition) is 5. The number of oxime groups is 1. The summed E-state index contributed by atoms with van der Waals surface area (Å²) in [6.45, 7) is 0. The number of H-pyrrole nitrogens is 1. The Kier molecular flexibility index (Phi) is 4.02. The number of aromatic amines is 1. The first-order chi connectivity index (χ1) is 10.1. The molecule has 1 aromatic heterocycles. The van der Waals surface area contributed by atoms with Gasteiger partial charge >= 0.3 is 0 Å². The van der Waals surface area contributed by atoms with Gasteiger partial charge in [-0.05, 0) is 12.1 Å². The maximum atomic E-state index is 13.8. The monoisotopic (exact) mass is 293 g/mol. The minimum atomic E-state index is -0.739. The Morgan fingerprint density at radius 3 is 2.90 bits per heavy atom. The number of rotatable bonds is 4. The van der Waals surface area contributed by atoms with Crippen LogP contribution in [0.3, 0.4) is 0 Å². The van der Waals surface area contributed by atoms with E-state index in [0.717, 1.165) is 6.07 Å². The summed E-state index contributed by atoms with van der Waals surface area (Å²) in [4.78, 5) is 12.0. The molecule has 1 amide bonds. The zero-order valence-corrected chi connectivity index (χ0v) is 10.9. The van der Waals surface area contributed by atoms with E-state index in [1.807, 2.05) is 0 Å². The van der Waals surface area contributed by atoms with Crippen LogP contribution in [0.1, 0.15) is 15.9 Å². The van der Waals surface area contributed by atoms with E-state index in [1.54, 1.807) is 0 Å². The quantitative estimate of drug-likeness (QED) is 0.288. The first kappa shape index (κ1) is 14.3. The predicted octanol–water partition coefficient (Wildman–Crippen LogP) is 0.904. The number of hydrogen-bond donors (Lipinski definition) is 4. The molecule has 0 saturated carbocycles. The molecule has 0 aliphatic rings. The SMILES string of the molecule is COc1ccc(C(=O)Nc2[nH]ncc2/C(N)=N/O)c(F)c1. The fourth-order valence-electron chi connectivity index (χ4n) is 1.62. The van der Waals surface area contributed by atoms with Gasteiger partial charge in [0.05, 0.1) is 24.4 Å². The number of methoxy groups -OCH3 is 1. The molecule has 2 aromatic rings. The number of anilines is 1. The number of aromatic nitrogens is 2. The van der Waals surface area contributed by atoms with Gasteiger partial charge in [0.1, 0.15) is 17.4 Å². The Labute approximate surface area is 118 Å². The number of amides is 1. The first-order valence-electron chi connectivity index (χ1n) is 5.73. The molecule has 5 N–H and O–H groups in total. The standard InChI is InChI=1S/C12H12FN5O3/c1-21-6-2-3-7(9(13)4-6)12(19)16-11-8(5-15-17-11)10(14)18-20/h2-5,20H,1H3,(H2,14,18)(H2,15,16,17,19). The Hall–Kier alpha value is -3.10. The van der Waals surface area contributed by atoms with Crippen LogP contribution < -0.4 is 15.8 Å². The lowest BCUT2D eigenvalue weighted by atomic mass is 10.2. The van der Waals surface area contributed by atoms with E-state index in [4.69, 9.17) is 15.7 Å². The first-order valence-corrected chi connectivity index (χ1v) is 5.73. The highest BCUT2D eigenvalue weighted by Gasteiger charge is 2.17. The number of halogens is 1. The van der Waals surface area contributed by atoms with E-state index < -0.39 is 11.7 Å². The van der Waals surface area contributed by atoms with Crippen LogP contribution in [-0.4, -0.2) is 34.3 Å². The van der Waals surface area contributed by atoms with E-state index in [-0.39, 0.29) is 22.8 Å². The molecule has 1 heterocycles. The average Bonchev–Trinajstić information content (AvgIpc) is 2.94. The lowest BCUT2D eigenvalue weighted by Crippen LogP contribution is -2.19. The van der Waals surface area contributed by atoms with Crippen molar-refractivity contribution in [2.45, 2.75) is 0 Å². The number of ether oxygens (including phenoxy) is 1. The number of nitrogens with two attached hydrogens (primary N) is 1. The van der Waals surface area contributed by atoms with Crippen LogP contribution in [0.5, 0.6) is 5.75 Å².